The van der Waals surface area contributed by atoms with E-state index < -0.39 is 0 Å². The Bertz CT molecular complexity index is 330. The zero-order chi connectivity index (χ0) is 11.8. The predicted octanol–water partition coefficient (Wildman–Crippen LogP) is 3.12. The van der Waals surface area contributed by atoms with Gasteiger partial charge in [-0.2, -0.15) is 0 Å². The zero-order valence-electron chi connectivity index (χ0n) is 11.2. The highest BCUT2D eigenvalue weighted by molar-refractivity contribution is 6.45. The Kier molecular flexibility index (Phi) is 1.99. The summed E-state index contributed by atoms with van der Waals surface area (Å²) in [5.41, 5.74) is 0.336. The normalized spacial score (nSPS) is 53.4. The lowest BCUT2D eigenvalue weighted by molar-refractivity contribution is -0.235. The van der Waals surface area contributed by atoms with Gasteiger partial charge in [0.1, 0.15) is 0 Å². The summed E-state index contributed by atoms with van der Waals surface area (Å²) in [5, 5.41) is 0. The average molecular weight is 222 g/mol. The molecule has 0 radical (unpaired) electrons. The molecule has 0 aromatic carbocycles. The van der Waals surface area contributed by atoms with Crippen molar-refractivity contribution >= 4 is 7.12 Å². The molecule has 3 aliphatic carbocycles. The molecule has 4 fully saturated rings. The van der Waals surface area contributed by atoms with Crippen molar-refractivity contribution in [3.63, 3.8) is 0 Å². The van der Waals surface area contributed by atoms with Gasteiger partial charge in [-0.25, -0.2) is 0 Å². The fraction of sp³-hybridized carbons (Fsp3) is 1.00. The zero-order valence-corrected chi connectivity index (χ0v) is 11.2. The van der Waals surface area contributed by atoms with Crippen molar-refractivity contribution < 1.29 is 9.31 Å². The maximum atomic E-state index is 6.27. The molecule has 3 saturated carbocycles. The average Bonchev–Trinajstić information content (AvgIpc) is 2.48. The summed E-state index contributed by atoms with van der Waals surface area (Å²) < 4.78 is 12.4. The molecule has 1 saturated heterocycles. The second-order valence-corrected chi connectivity index (χ2v) is 6.92. The molecule has 16 heavy (non-hydrogen) atoms. The SMILES string of the molecule is CCB1O[C@@]2(C)C[C@H]3C[C@H](C3(C)C)[C@@]2(C)O1. The van der Waals surface area contributed by atoms with Crippen LogP contribution < -0.4 is 0 Å². The van der Waals surface area contributed by atoms with Crippen molar-refractivity contribution in [2.75, 3.05) is 0 Å². The highest BCUT2D eigenvalue weighted by Gasteiger charge is 2.72. The minimum absolute atomic E-state index is 0.0187. The van der Waals surface area contributed by atoms with E-state index in [1.54, 1.807) is 0 Å². The molecule has 2 nitrogen and oxygen atoms in total. The molecular formula is C13H23BO2. The van der Waals surface area contributed by atoms with Gasteiger partial charge in [0.25, 0.3) is 0 Å². The van der Waals surface area contributed by atoms with Crippen LogP contribution in [0.1, 0.15) is 47.5 Å². The molecule has 1 aliphatic heterocycles. The summed E-state index contributed by atoms with van der Waals surface area (Å²) in [6.45, 7) is 11.5. The molecule has 3 heteroatoms. The topological polar surface area (TPSA) is 18.5 Å². The fourth-order valence-electron chi connectivity index (χ4n) is 4.46. The highest BCUT2D eigenvalue weighted by Crippen LogP contribution is 2.69. The Labute approximate surface area is 99.2 Å². The van der Waals surface area contributed by atoms with E-state index in [0.29, 0.717) is 11.3 Å². The van der Waals surface area contributed by atoms with Crippen molar-refractivity contribution in [3.05, 3.63) is 0 Å². The molecule has 4 atom stereocenters. The fourth-order valence-corrected chi connectivity index (χ4v) is 4.46. The first-order valence-electron chi connectivity index (χ1n) is 6.69. The van der Waals surface area contributed by atoms with Crippen LogP contribution in [0.15, 0.2) is 0 Å². The molecule has 0 spiro atoms. The lowest BCUT2D eigenvalue weighted by Gasteiger charge is -2.67. The van der Waals surface area contributed by atoms with E-state index in [1.807, 2.05) is 0 Å². The highest BCUT2D eigenvalue weighted by atomic mass is 16.7. The first-order chi connectivity index (χ1) is 7.33. The van der Waals surface area contributed by atoms with Gasteiger partial charge >= 0.3 is 7.12 Å². The second-order valence-electron chi connectivity index (χ2n) is 6.92. The molecule has 1 heterocycles. The van der Waals surface area contributed by atoms with E-state index in [4.69, 9.17) is 9.31 Å². The Morgan fingerprint density at radius 3 is 2.44 bits per heavy atom. The van der Waals surface area contributed by atoms with Gasteiger partial charge in [-0.15, -0.1) is 0 Å². The first kappa shape index (κ1) is 11.1. The van der Waals surface area contributed by atoms with Crippen LogP contribution in [0.4, 0.5) is 0 Å². The van der Waals surface area contributed by atoms with Gasteiger partial charge in [-0.3, -0.25) is 0 Å². The van der Waals surface area contributed by atoms with E-state index in [2.05, 4.69) is 34.6 Å². The van der Waals surface area contributed by atoms with Crippen LogP contribution in [0.3, 0.4) is 0 Å². The van der Waals surface area contributed by atoms with E-state index in [1.165, 1.54) is 12.8 Å². The maximum absolute atomic E-state index is 6.27. The summed E-state index contributed by atoms with van der Waals surface area (Å²) in [7, 11) is 0.0187. The van der Waals surface area contributed by atoms with E-state index in [9.17, 15) is 0 Å². The van der Waals surface area contributed by atoms with Gasteiger partial charge in [0.15, 0.2) is 0 Å². The molecule has 4 rings (SSSR count). The van der Waals surface area contributed by atoms with Gasteiger partial charge in [0, 0.05) is 0 Å². The van der Waals surface area contributed by atoms with Crippen LogP contribution in [0.5, 0.6) is 0 Å². The summed E-state index contributed by atoms with van der Waals surface area (Å²) in [5.74, 6) is 1.50. The summed E-state index contributed by atoms with van der Waals surface area (Å²) in [6.07, 6.45) is 3.46. The van der Waals surface area contributed by atoms with Crippen molar-refractivity contribution in [2.24, 2.45) is 17.3 Å². The third kappa shape index (κ3) is 1.02. The number of hydrogen-bond donors (Lipinski definition) is 0. The smallest absolute Gasteiger partial charge is 0.403 e. The Morgan fingerprint density at radius 2 is 1.88 bits per heavy atom. The minimum atomic E-state index is -0.0636. The van der Waals surface area contributed by atoms with Gasteiger partial charge in [0.05, 0.1) is 11.2 Å². The van der Waals surface area contributed by atoms with Crippen LogP contribution in [0.2, 0.25) is 6.32 Å². The lowest BCUT2D eigenvalue weighted by Crippen LogP contribution is -2.70. The molecule has 2 bridgehead atoms. The quantitative estimate of drug-likeness (QED) is 0.634. The number of hydrogen-bond acceptors (Lipinski definition) is 2. The van der Waals surface area contributed by atoms with Gasteiger partial charge in [-0.05, 0) is 50.3 Å². The van der Waals surface area contributed by atoms with Crippen LogP contribution in [-0.2, 0) is 9.31 Å². The van der Waals surface area contributed by atoms with Gasteiger partial charge < -0.3 is 9.31 Å². The van der Waals surface area contributed by atoms with Crippen molar-refractivity contribution in [2.45, 2.75) is 65.0 Å². The van der Waals surface area contributed by atoms with Gasteiger partial charge in [-0.1, -0.05) is 20.8 Å². The van der Waals surface area contributed by atoms with E-state index in [-0.39, 0.29) is 18.3 Å². The Hall–Kier alpha value is -0.0151. The standard InChI is InChI=1S/C13H23BO2/c1-6-14-15-12(4)8-9-7-10(11(9,2)3)13(12,5)16-14/h9-10H,6-8H2,1-5H3/t9-,10-,12+,13-/m1/s1. The molecule has 0 N–H and O–H groups in total. The van der Waals surface area contributed by atoms with Crippen LogP contribution in [0.25, 0.3) is 0 Å². The minimum Gasteiger partial charge on any atom is -0.403 e. The van der Waals surface area contributed by atoms with Crippen molar-refractivity contribution in [1.82, 2.24) is 0 Å². The third-order valence-corrected chi connectivity index (χ3v) is 5.92. The Balaban J connectivity index is 1.97. The molecule has 0 unspecified atom stereocenters. The first-order valence-corrected chi connectivity index (χ1v) is 6.69. The third-order valence-electron chi connectivity index (χ3n) is 5.92. The number of rotatable bonds is 1. The molecular weight excluding hydrogens is 199 g/mol. The van der Waals surface area contributed by atoms with E-state index >= 15 is 0 Å². The second kappa shape index (κ2) is 2.86. The summed E-state index contributed by atoms with van der Waals surface area (Å²) in [4.78, 5) is 0. The summed E-state index contributed by atoms with van der Waals surface area (Å²) in [6, 6.07) is 0. The summed E-state index contributed by atoms with van der Waals surface area (Å²) >= 11 is 0. The van der Waals surface area contributed by atoms with Crippen LogP contribution in [-0.4, -0.2) is 18.3 Å². The predicted molar refractivity (Wildman–Crippen MR) is 65.2 cm³/mol. The monoisotopic (exact) mass is 222 g/mol. The maximum Gasteiger partial charge on any atom is 0.457 e. The van der Waals surface area contributed by atoms with Crippen molar-refractivity contribution in [1.29, 1.82) is 0 Å². The Morgan fingerprint density at radius 1 is 1.19 bits per heavy atom. The van der Waals surface area contributed by atoms with Crippen molar-refractivity contribution in [3.8, 4) is 0 Å². The van der Waals surface area contributed by atoms with E-state index in [0.717, 1.165) is 12.2 Å². The van der Waals surface area contributed by atoms with Crippen LogP contribution >= 0.6 is 0 Å². The lowest BCUT2D eigenvalue weighted by atomic mass is 9.41. The van der Waals surface area contributed by atoms with Gasteiger partial charge in [0.2, 0.25) is 0 Å². The molecule has 0 aromatic rings. The molecule has 90 valence electrons. The molecule has 0 aromatic heterocycles. The largest absolute Gasteiger partial charge is 0.457 e. The molecule has 4 aliphatic rings. The molecule has 0 amide bonds. The van der Waals surface area contributed by atoms with Crippen LogP contribution in [0, 0.1) is 17.3 Å².